The van der Waals surface area contributed by atoms with Gasteiger partial charge in [-0.3, -0.25) is 4.79 Å². The highest BCUT2D eigenvalue weighted by molar-refractivity contribution is 7.89. The molecule has 1 aromatic carbocycles. The minimum Gasteiger partial charge on any atom is -0.550 e. The van der Waals surface area contributed by atoms with Crippen LogP contribution < -0.4 is 5.11 Å². The molecule has 2 aliphatic carbocycles. The zero-order valence-electron chi connectivity index (χ0n) is 15.0. The van der Waals surface area contributed by atoms with Gasteiger partial charge in [-0.05, 0) is 42.5 Å². The fourth-order valence-electron chi connectivity index (χ4n) is 4.60. The summed E-state index contributed by atoms with van der Waals surface area (Å²) in [6, 6.07) is 4.62. The standard InChI is InChI=1S/C19H21FN2O5S/c20-14-3-5-15(6-4-14)28(26,27)22-9-7-21(8-10-22)18(23)16-12-1-2-13(11-12)17(16)19(24)25/h1-6,12-13,16-17H,7-11H2,(H,24,25)/p-1/t12-,13+,16-,17+/m1/s1. The molecule has 7 nitrogen and oxygen atoms in total. The number of hydrogen-bond acceptors (Lipinski definition) is 5. The Kier molecular flexibility index (Phi) is 4.75. The molecule has 0 unspecified atom stereocenters. The Morgan fingerprint density at radius 3 is 2.11 bits per heavy atom. The van der Waals surface area contributed by atoms with E-state index >= 15 is 0 Å². The van der Waals surface area contributed by atoms with Crippen molar-refractivity contribution in [2.45, 2.75) is 11.3 Å². The number of fused-ring (bicyclic) bond motifs is 2. The van der Waals surface area contributed by atoms with Crippen molar-refractivity contribution in [3.05, 3.63) is 42.2 Å². The Labute approximate surface area is 162 Å². The van der Waals surface area contributed by atoms with Crippen molar-refractivity contribution in [3.63, 3.8) is 0 Å². The second kappa shape index (κ2) is 6.97. The van der Waals surface area contributed by atoms with E-state index in [1.54, 1.807) is 4.90 Å². The molecule has 0 N–H and O–H groups in total. The average molecular weight is 407 g/mol. The van der Waals surface area contributed by atoms with Gasteiger partial charge in [-0.25, -0.2) is 12.8 Å². The lowest BCUT2D eigenvalue weighted by atomic mass is 9.82. The second-order valence-electron chi connectivity index (χ2n) is 7.50. The van der Waals surface area contributed by atoms with Crippen molar-refractivity contribution < 1.29 is 27.5 Å². The number of nitrogens with zero attached hydrogens (tertiary/aromatic N) is 2. The number of rotatable bonds is 4. The van der Waals surface area contributed by atoms with E-state index in [0.29, 0.717) is 6.42 Å². The Morgan fingerprint density at radius 2 is 1.54 bits per heavy atom. The fourth-order valence-corrected chi connectivity index (χ4v) is 6.02. The molecule has 3 aliphatic rings. The topological polar surface area (TPSA) is 97.8 Å². The van der Waals surface area contributed by atoms with Gasteiger partial charge in [-0.1, -0.05) is 12.2 Å². The van der Waals surface area contributed by atoms with Crippen LogP contribution in [0.3, 0.4) is 0 Å². The Hall–Kier alpha value is -2.26. The highest BCUT2D eigenvalue weighted by Gasteiger charge is 2.50. The van der Waals surface area contributed by atoms with Gasteiger partial charge in [0.2, 0.25) is 15.9 Å². The van der Waals surface area contributed by atoms with Crippen molar-refractivity contribution in [2.75, 3.05) is 26.2 Å². The number of sulfonamides is 1. The largest absolute Gasteiger partial charge is 0.550 e. The normalized spacial score (nSPS) is 30.0. The third-order valence-electron chi connectivity index (χ3n) is 6.02. The summed E-state index contributed by atoms with van der Waals surface area (Å²) < 4.78 is 39.7. The van der Waals surface area contributed by atoms with Crippen LogP contribution >= 0.6 is 0 Å². The van der Waals surface area contributed by atoms with Crippen molar-refractivity contribution in [1.82, 2.24) is 9.21 Å². The molecule has 2 bridgehead atoms. The summed E-state index contributed by atoms with van der Waals surface area (Å²) in [5, 5.41) is 11.5. The molecule has 1 amide bonds. The van der Waals surface area contributed by atoms with E-state index in [9.17, 15) is 27.5 Å². The maximum atomic E-state index is 13.1. The first-order chi connectivity index (χ1) is 13.3. The molecule has 1 aromatic rings. The SMILES string of the molecule is O=C([O-])[C@@H]1[C@H](C(=O)N2CCN(S(=O)(=O)c3ccc(F)cc3)CC2)[C@@H]2C=C[C@H]1C2. The smallest absolute Gasteiger partial charge is 0.243 e. The molecule has 28 heavy (non-hydrogen) atoms. The van der Waals surface area contributed by atoms with Crippen LogP contribution in [0.25, 0.3) is 0 Å². The predicted octanol–water partition coefficient (Wildman–Crippen LogP) is -0.153. The molecule has 2 fully saturated rings. The van der Waals surface area contributed by atoms with E-state index in [1.165, 1.54) is 16.4 Å². The zero-order valence-corrected chi connectivity index (χ0v) is 15.8. The van der Waals surface area contributed by atoms with E-state index in [1.807, 2.05) is 12.2 Å². The number of carbonyl (C=O) groups is 2. The zero-order chi connectivity index (χ0) is 20.1. The lowest BCUT2D eigenvalue weighted by Crippen LogP contribution is -2.54. The number of benzene rings is 1. The van der Waals surface area contributed by atoms with E-state index in [-0.39, 0.29) is 48.8 Å². The van der Waals surface area contributed by atoms with Gasteiger partial charge in [0.1, 0.15) is 5.82 Å². The molecule has 1 aliphatic heterocycles. The van der Waals surface area contributed by atoms with Gasteiger partial charge in [0.25, 0.3) is 0 Å². The van der Waals surface area contributed by atoms with Crippen molar-refractivity contribution >= 4 is 21.9 Å². The molecule has 1 heterocycles. The first kappa shape index (κ1) is 19.1. The van der Waals surface area contributed by atoms with Gasteiger partial charge in [0, 0.05) is 38.1 Å². The Morgan fingerprint density at radius 1 is 0.964 bits per heavy atom. The number of allylic oxidation sites excluding steroid dienone is 2. The van der Waals surface area contributed by atoms with Crippen LogP contribution in [0.5, 0.6) is 0 Å². The van der Waals surface area contributed by atoms with Gasteiger partial charge >= 0.3 is 0 Å². The summed E-state index contributed by atoms with van der Waals surface area (Å²) in [6.45, 7) is 0.601. The second-order valence-corrected chi connectivity index (χ2v) is 9.44. The van der Waals surface area contributed by atoms with Gasteiger partial charge in [0.05, 0.1) is 10.8 Å². The van der Waals surface area contributed by atoms with Crippen LogP contribution in [0.4, 0.5) is 4.39 Å². The molecule has 0 aromatic heterocycles. The molecule has 4 rings (SSSR count). The van der Waals surface area contributed by atoms with Gasteiger partial charge in [-0.2, -0.15) is 4.31 Å². The molecule has 9 heteroatoms. The lowest BCUT2D eigenvalue weighted by Gasteiger charge is -2.38. The summed E-state index contributed by atoms with van der Waals surface area (Å²) in [5.74, 6) is -3.68. The number of carboxylic acids is 1. The fraction of sp³-hybridized carbons (Fsp3) is 0.474. The average Bonchev–Trinajstić information content (AvgIpc) is 3.29. The van der Waals surface area contributed by atoms with Gasteiger partial charge in [0.15, 0.2) is 0 Å². The number of hydrogen-bond donors (Lipinski definition) is 0. The minimum atomic E-state index is -3.77. The number of piperazine rings is 1. The Bertz CT molecular complexity index is 922. The lowest BCUT2D eigenvalue weighted by molar-refractivity contribution is -0.313. The summed E-state index contributed by atoms with van der Waals surface area (Å²) in [4.78, 5) is 26.0. The molecule has 1 saturated carbocycles. The molecular formula is C19H20FN2O5S-. The van der Waals surface area contributed by atoms with Crippen LogP contribution in [0, 0.1) is 29.5 Å². The van der Waals surface area contributed by atoms with Gasteiger partial charge in [-0.15, -0.1) is 0 Å². The first-order valence-corrected chi connectivity index (χ1v) is 10.7. The molecule has 150 valence electrons. The number of carbonyl (C=O) groups excluding carboxylic acids is 2. The monoisotopic (exact) mass is 407 g/mol. The molecule has 0 radical (unpaired) electrons. The highest BCUT2D eigenvalue weighted by atomic mass is 32.2. The minimum absolute atomic E-state index is 0.00364. The van der Waals surface area contributed by atoms with Crippen molar-refractivity contribution in [3.8, 4) is 0 Å². The van der Waals surface area contributed by atoms with Gasteiger partial charge < -0.3 is 14.8 Å². The van der Waals surface area contributed by atoms with E-state index in [2.05, 4.69) is 0 Å². The molecule has 0 spiro atoms. The third-order valence-corrected chi connectivity index (χ3v) is 7.93. The van der Waals surface area contributed by atoms with Crippen molar-refractivity contribution in [2.24, 2.45) is 23.7 Å². The number of aliphatic carboxylic acids is 1. The summed E-state index contributed by atoms with van der Waals surface area (Å²) in [6.07, 6.45) is 4.40. The molecule has 4 atom stereocenters. The first-order valence-electron chi connectivity index (χ1n) is 9.23. The van der Waals surface area contributed by atoms with Crippen LogP contribution in [0.15, 0.2) is 41.3 Å². The van der Waals surface area contributed by atoms with E-state index < -0.39 is 33.6 Å². The summed E-state index contributed by atoms with van der Waals surface area (Å²) in [5.41, 5.74) is 0. The summed E-state index contributed by atoms with van der Waals surface area (Å²) in [7, 11) is -3.77. The van der Waals surface area contributed by atoms with E-state index in [4.69, 9.17) is 0 Å². The molecule has 1 saturated heterocycles. The number of halogens is 1. The predicted molar refractivity (Wildman–Crippen MR) is 94.5 cm³/mol. The van der Waals surface area contributed by atoms with Crippen LogP contribution in [0.1, 0.15) is 6.42 Å². The Balaban J connectivity index is 1.44. The maximum absolute atomic E-state index is 13.1. The van der Waals surface area contributed by atoms with E-state index in [0.717, 1.165) is 12.1 Å². The quantitative estimate of drug-likeness (QED) is 0.647. The number of amides is 1. The van der Waals surface area contributed by atoms with Crippen molar-refractivity contribution in [1.29, 1.82) is 0 Å². The van der Waals surface area contributed by atoms with Crippen LogP contribution in [-0.4, -0.2) is 55.7 Å². The third kappa shape index (κ3) is 3.12. The maximum Gasteiger partial charge on any atom is 0.243 e. The van der Waals surface area contributed by atoms with Crippen LogP contribution in [0.2, 0.25) is 0 Å². The molecular weight excluding hydrogens is 387 g/mol. The highest BCUT2D eigenvalue weighted by Crippen LogP contribution is 2.48. The number of carboxylic acid groups (broad SMARTS) is 1. The summed E-state index contributed by atoms with van der Waals surface area (Å²) >= 11 is 0. The van der Waals surface area contributed by atoms with Crippen LogP contribution in [-0.2, 0) is 19.6 Å².